The van der Waals surface area contributed by atoms with E-state index < -0.39 is 0 Å². The molecule has 2 rings (SSSR count). The summed E-state index contributed by atoms with van der Waals surface area (Å²) in [5, 5.41) is 34.6. The highest BCUT2D eigenvalue weighted by atomic mass is 15.4. The third-order valence-electron chi connectivity index (χ3n) is 1.20. The van der Waals surface area contributed by atoms with E-state index in [-0.39, 0.29) is 23.8 Å². The molecule has 0 radical (unpaired) electrons. The van der Waals surface area contributed by atoms with Crippen molar-refractivity contribution in [1.82, 2.24) is 40.8 Å². The van der Waals surface area contributed by atoms with E-state index in [1.165, 1.54) is 0 Å². The molecule has 12 heteroatoms. The van der Waals surface area contributed by atoms with Crippen LogP contribution in [0.4, 0.5) is 23.8 Å². The average Bonchev–Trinajstić information content (AvgIpc) is 2.30. The molecule has 0 aliphatic heterocycles. The van der Waals surface area contributed by atoms with E-state index >= 15 is 0 Å². The summed E-state index contributed by atoms with van der Waals surface area (Å²) in [6, 6.07) is 0. The lowest BCUT2D eigenvalue weighted by atomic mass is 11.0. The minimum atomic E-state index is -0.0883. The van der Waals surface area contributed by atoms with Gasteiger partial charge >= 0.3 is 11.9 Å². The molecule has 0 aromatic carbocycles. The van der Waals surface area contributed by atoms with Gasteiger partial charge in [-0.05, 0) is 0 Å². The average molecular weight is 220 g/mol. The summed E-state index contributed by atoms with van der Waals surface area (Å²) in [6.45, 7) is 0. The van der Waals surface area contributed by atoms with Crippen molar-refractivity contribution in [2.75, 3.05) is 11.5 Å². The molecule has 0 atom stereocenters. The van der Waals surface area contributed by atoms with E-state index in [9.17, 15) is 0 Å². The minimum Gasteiger partial charge on any atom is -0.365 e. The van der Waals surface area contributed by atoms with Gasteiger partial charge in [-0.25, -0.2) is 0 Å². The Hall–Kier alpha value is -2.92. The molecule has 0 saturated heterocycles. The van der Waals surface area contributed by atoms with Crippen LogP contribution in [-0.4, -0.2) is 40.8 Å². The highest BCUT2D eigenvalue weighted by Gasteiger charge is 1.98. The SMILES string of the molecule is Nc1nnc(N=Nc2nnc(N)nn2)nn1. The summed E-state index contributed by atoms with van der Waals surface area (Å²) >= 11 is 0. The molecule has 4 N–H and O–H groups in total. The zero-order valence-corrected chi connectivity index (χ0v) is 7.63. The fourth-order valence-corrected chi connectivity index (χ4v) is 0.633. The van der Waals surface area contributed by atoms with Gasteiger partial charge in [-0.15, -0.1) is 51.0 Å². The number of aromatic nitrogens is 8. The molecule has 0 aliphatic carbocycles. The van der Waals surface area contributed by atoms with Crippen molar-refractivity contribution in [3.05, 3.63) is 0 Å². The summed E-state index contributed by atoms with van der Waals surface area (Å²) in [7, 11) is 0. The number of hydrogen-bond acceptors (Lipinski definition) is 12. The van der Waals surface area contributed by atoms with Crippen molar-refractivity contribution in [3.63, 3.8) is 0 Å². The molecule has 0 unspecified atom stereocenters. The van der Waals surface area contributed by atoms with Crippen molar-refractivity contribution in [2.24, 2.45) is 10.2 Å². The van der Waals surface area contributed by atoms with Crippen LogP contribution >= 0.6 is 0 Å². The maximum Gasteiger partial charge on any atom is 0.306 e. The molecular weight excluding hydrogens is 216 g/mol. The van der Waals surface area contributed by atoms with Gasteiger partial charge in [0, 0.05) is 0 Å². The number of anilines is 2. The molecule has 2 heterocycles. The highest BCUT2D eigenvalue weighted by molar-refractivity contribution is 5.17. The fourth-order valence-electron chi connectivity index (χ4n) is 0.633. The maximum absolute atomic E-state index is 5.17. The largest absolute Gasteiger partial charge is 0.365 e. The van der Waals surface area contributed by atoms with E-state index in [2.05, 4.69) is 51.0 Å². The second kappa shape index (κ2) is 4.07. The summed E-state index contributed by atoms with van der Waals surface area (Å²) in [5.74, 6) is -0.304. The number of hydrogen-bond donors (Lipinski definition) is 2. The van der Waals surface area contributed by atoms with E-state index in [0.29, 0.717) is 0 Å². The third-order valence-corrected chi connectivity index (χ3v) is 1.20. The first-order valence-electron chi connectivity index (χ1n) is 3.81. The lowest BCUT2D eigenvalue weighted by Crippen LogP contribution is -1.99. The first-order chi connectivity index (χ1) is 7.74. The van der Waals surface area contributed by atoms with Gasteiger partial charge in [-0.3, -0.25) is 0 Å². The van der Waals surface area contributed by atoms with Crippen LogP contribution in [0.1, 0.15) is 0 Å². The van der Waals surface area contributed by atoms with Gasteiger partial charge < -0.3 is 11.5 Å². The first-order valence-corrected chi connectivity index (χ1v) is 3.81. The zero-order chi connectivity index (χ0) is 11.4. The Morgan fingerprint density at radius 3 is 1.19 bits per heavy atom. The van der Waals surface area contributed by atoms with Crippen LogP contribution in [0, 0.1) is 0 Å². The van der Waals surface area contributed by atoms with Crippen LogP contribution in [-0.2, 0) is 0 Å². The van der Waals surface area contributed by atoms with E-state index in [0.717, 1.165) is 0 Å². The van der Waals surface area contributed by atoms with Crippen molar-refractivity contribution >= 4 is 23.8 Å². The normalized spacial score (nSPS) is 10.8. The third kappa shape index (κ3) is 2.31. The van der Waals surface area contributed by atoms with E-state index in [4.69, 9.17) is 11.5 Å². The van der Waals surface area contributed by atoms with Gasteiger partial charge in [0.15, 0.2) is 0 Å². The number of nitrogens with two attached hydrogens (primary N) is 2. The smallest absolute Gasteiger partial charge is 0.306 e. The van der Waals surface area contributed by atoms with Crippen LogP contribution in [0.5, 0.6) is 0 Å². The number of azo groups is 1. The van der Waals surface area contributed by atoms with Crippen molar-refractivity contribution in [2.45, 2.75) is 0 Å². The molecular formula is C4H4N12. The van der Waals surface area contributed by atoms with Crippen LogP contribution in [0.2, 0.25) is 0 Å². The molecule has 2 aromatic rings. The molecule has 0 fully saturated rings. The molecule has 12 nitrogen and oxygen atoms in total. The summed E-state index contributed by atoms with van der Waals surface area (Å²) in [6.07, 6.45) is 0. The molecule has 0 bridgehead atoms. The topological polar surface area (TPSA) is 180 Å². The van der Waals surface area contributed by atoms with Crippen molar-refractivity contribution in [1.29, 1.82) is 0 Å². The summed E-state index contributed by atoms with van der Waals surface area (Å²) in [5.41, 5.74) is 10.3. The van der Waals surface area contributed by atoms with Crippen LogP contribution in [0.15, 0.2) is 10.2 Å². The Kier molecular flexibility index (Phi) is 2.45. The number of nitrogens with zero attached hydrogens (tertiary/aromatic N) is 10. The predicted molar refractivity (Wildman–Crippen MR) is 48.2 cm³/mol. The Bertz CT molecular complexity index is 438. The molecule has 16 heavy (non-hydrogen) atoms. The predicted octanol–water partition coefficient (Wildman–Crippen LogP) is -1.57. The summed E-state index contributed by atoms with van der Waals surface area (Å²) in [4.78, 5) is 0. The van der Waals surface area contributed by atoms with Crippen LogP contribution in [0.3, 0.4) is 0 Å². The van der Waals surface area contributed by atoms with Gasteiger partial charge in [0.1, 0.15) is 0 Å². The van der Waals surface area contributed by atoms with Crippen LogP contribution in [0.25, 0.3) is 0 Å². The van der Waals surface area contributed by atoms with Crippen molar-refractivity contribution < 1.29 is 0 Å². The number of rotatable bonds is 2. The monoisotopic (exact) mass is 220 g/mol. The van der Waals surface area contributed by atoms with Crippen LogP contribution < -0.4 is 11.5 Å². The van der Waals surface area contributed by atoms with Gasteiger partial charge in [-0.2, -0.15) is 0 Å². The standard InChI is InChI=1S/C4H4N12/c5-1-7-11-3(12-8-1)15-16-4-13-9-2(6)10-14-4/h(H2,5,7,8)(H2,6,9,10). The van der Waals surface area contributed by atoms with Gasteiger partial charge in [0.25, 0.3) is 11.9 Å². The first kappa shape index (κ1) is 9.63. The number of nitrogen functional groups attached to an aromatic ring is 2. The van der Waals surface area contributed by atoms with E-state index in [1.807, 2.05) is 0 Å². The zero-order valence-electron chi connectivity index (χ0n) is 7.63. The minimum absolute atomic E-state index is 0.0639. The molecule has 0 aliphatic rings. The van der Waals surface area contributed by atoms with Gasteiger partial charge in [0.05, 0.1) is 0 Å². The lowest BCUT2D eigenvalue weighted by molar-refractivity contribution is 0.827. The fraction of sp³-hybridized carbons (Fsp3) is 0. The lowest BCUT2D eigenvalue weighted by Gasteiger charge is -1.89. The second-order valence-electron chi connectivity index (χ2n) is 2.32. The van der Waals surface area contributed by atoms with E-state index in [1.54, 1.807) is 0 Å². The maximum atomic E-state index is 5.17. The van der Waals surface area contributed by atoms with Gasteiger partial charge in [-0.1, -0.05) is 0 Å². The Labute approximate surface area is 87.2 Å². The highest BCUT2D eigenvalue weighted by Crippen LogP contribution is 2.05. The quantitative estimate of drug-likeness (QED) is 0.560. The Balaban J connectivity index is 2.15. The molecule has 80 valence electrons. The molecule has 0 amide bonds. The molecule has 2 aromatic heterocycles. The summed E-state index contributed by atoms with van der Waals surface area (Å²) < 4.78 is 0. The Morgan fingerprint density at radius 1 is 0.562 bits per heavy atom. The van der Waals surface area contributed by atoms with Crippen molar-refractivity contribution in [3.8, 4) is 0 Å². The Morgan fingerprint density at radius 2 is 0.875 bits per heavy atom. The molecule has 0 saturated carbocycles. The second-order valence-corrected chi connectivity index (χ2v) is 2.32. The van der Waals surface area contributed by atoms with Gasteiger partial charge in [0.2, 0.25) is 0 Å². The molecule has 0 spiro atoms.